The van der Waals surface area contributed by atoms with Gasteiger partial charge in [0.05, 0.1) is 0 Å². The van der Waals surface area contributed by atoms with Crippen LogP contribution in [0.1, 0.15) is 77.6 Å². The van der Waals surface area contributed by atoms with Crippen LogP contribution in [0.15, 0.2) is 12.7 Å². The summed E-state index contributed by atoms with van der Waals surface area (Å²) in [5.74, 6) is 0.0306. The first kappa shape index (κ1) is 17.7. The first-order valence-electron chi connectivity index (χ1n) is 7.69. The summed E-state index contributed by atoms with van der Waals surface area (Å²) in [7, 11) is -1.16. The number of unbranched alkanes of at least 4 members (excludes halogenated alkanes) is 7. The Kier molecular flexibility index (Phi) is 13.0. The lowest BCUT2D eigenvalue weighted by Gasteiger charge is -2.14. The van der Waals surface area contributed by atoms with Crippen LogP contribution in [0.5, 0.6) is 0 Å². The second-order valence-electron chi connectivity index (χ2n) is 5.30. The molecule has 0 aliphatic heterocycles. The van der Waals surface area contributed by atoms with Crippen LogP contribution in [0.2, 0.25) is 5.82 Å². The van der Waals surface area contributed by atoms with Crippen molar-refractivity contribution in [1.29, 1.82) is 0 Å². The Morgan fingerprint density at radius 3 is 2.00 bits per heavy atom. The summed E-state index contributed by atoms with van der Waals surface area (Å²) in [6, 6.07) is 0. The van der Waals surface area contributed by atoms with Crippen molar-refractivity contribution in [2.45, 2.75) is 83.4 Å². The van der Waals surface area contributed by atoms with Crippen molar-refractivity contribution in [1.82, 2.24) is 0 Å². The maximum absolute atomic E-state index is 9.26. The molecule has 0 aliphatic carbocycles. The monoisotopic (exact) mass is 254 g/mol. The van der Waals surface area contributed by atoms with Gasteiger partial charge in [0.25, 0.3) is 0 Å². The van der Waals surface area contributed by atoms with Crippen molar-refractivity contribution in [3.8, 4) is 0 Å². The van der Waals surface area contributed by atoms with Gasteiger partial charge >= 0.3 is 7.12 Å². The summed E-state index contributed by atoms with van der Waals surface area (Å²) in [4.78, 5) is 0. The third-order valence-corrected chi connectivity index (χ3v) is 3.59. The molecule has 2 N–H and O–H groups in total. The van der Waals surface area contributed by atoms with Crippen molar-refractivity contribution in [2.75, 3.05) is 0 Å². The Labute approximate surface area is 114 Å². The summed E-state index contributed by atoms with van der Waals surface area (Å²) in [5, 5.41) is 18.5. The Morgan fingerprint density at radius 2 is 1.50 bits per heavy atom. The molecule has 0 bridgehead atoms. The first-order chi connectivity index (χ1) is 8.72. The second kappa shape index (κ2) is 13.2. The zero-order valence-corrected chi connectivity index (χ0v) is 12.1. The van der Waals surface area contributed by atoms with Crippen LogP contribution in [0, 0.1) is 0 Å². The molecular weight excluding hydrogens is 223 g/mol. The lowest BCUT2D eigenvalue weighted by atomic mass is 9.68. The Morgan fingerprint density at radius 1 is 0.944 bits per heavy atom. The van der Waals surface area contributed by atoms with E-state index < -0.39 is 7.12 Å². The molecule has 0 saturated heterocycles. The van der Waals surface area contributed by atoms with Gasteiger partial charge in [-0.15, -0.1) is 6.58 Å². The van der Waals surface area contributed by atoms with E-state index >= 15 is 0 Å². The van der Waals surface area contributed by atoms with Gasteiger partial charge in [-0.05, 0) is 18.7 Å². The van der Waals surface area contributed by atoms with Gasteiger partial charge in [-0.1, -0.05) is 70.8 Å². The van der Waals surface area contributed by atoms with Crippen molar-refractivity contribution in [2.24, 2.45) is 0 Å². The van der Waals surface area contributed by atoms with Crippen molar-refractivity contribution < 1.29 is 10.0 Å². The van der Waals surface area contributed by atoms with E-state index in [1.807, 2.05) is 6.08 Å². The molecule has 1 atom stereocenters. The third kappa shape index (κ3) is 10.9. The van der Waals surface area contributed by atoms with Gasteiger partial charge in [0.2, 0.25) is 0 Å². The smallest absolute Gasteiger partial charge is 0.427 e. The van der Waals surface area contributed by atoms with E-state index in [9.17, 15) is 10.0 Å². The van der Waals surface area contributed by atoms with Crippen LogP contribution in [0.4, 0.5) is 0 Å². The van der Waals surface area contributed by atoms with Gasteiger partial charge in [0.1, 0.15) is 0 Å². The van der Waals surface area contributed by atoms with E-state index in [4.69, 9.17) is 0 Å². The maximum atomic E-state index is 9.26. The first-order valence-corrected chi connectivity index (χ1v) is 7.69. The quantitative estimate of drug-likeness (QED) is 0.292. The van der Waals surface area contributed by atoms with Crippen LogP contribution < -0.4 is 0 Å². The molecule has 0 aromatic heterocycles. The van der Waals surface area contributed by atoms with E-state index in [1.54, 1.807) is 0 Å². The van der Waals surface area contributed by atoms with E-state index in [-0.39, 0.29) is 5.82 Å². The molecule has 0 aromatic rings. The number of hydrogen-bond acceptors (Lipinski definition) is 2. The number of hydrogen-bond donors (Lipinski definition) is 2. The summed E-state index contributed by atoms with van der Waals surface area (Å²) in [6.45, 7) is 5.91. The topological polar surface area (TPSA) is 40.5 Å². The molecule has 3 heteroatoms. The maximum Gasteiger partial charge on any atom is 0.454 e. The van der Waals surface area contributed by atoms with E-state index in [1.165, 1.54) is 44.9 Å². The van der Waals surface area contributed by atoms with Crippen molar-refractivity contribution in [3.63, 3.8) is 0 Å². The van der Waals surface area contributed by atoms with Crippen molar-refractivity contribution >= 4 is 7.12 Å². The van der Waals surface area contributed by atoms with Crippen LogP contribution in [-0.4, -0.2) is 17.2 Å². The van der Waals surface area contributed by atoms with Gasteiger partial charge in [-0.3, -0.25) is 0 Å². The van der Waals surface area contributed by atoms with Gasteiger partial charge in [0.15, 0.2) is 0 Å². The fourth-order valence-corrected chi connectivity index (χ4v) is 2.31. The minimum atomic E-state index is -1.16. The molecule has 0 spiro atoms. The Hall–Kier alpha value is -0.275. The van der Waals surface area contributed by atoms with Gasteiger partial charge in [-0.25, -0.2) is 0 Å². The highest BCUT2D eigenvalue weighted by atomic mass is 16.4. The highest BCUT2D eigenvalue weighted by molar-refractivity contribution is 6.43. The molecule has 2 nitrogen and oxygen atoms in total. The van der Waals surface area contributed by atoms with Gasteiger partial charge < -0.3 is 10.0 Å². The van der Waals surface area contributed by atoms with Crippen LogP contribution in [0.3, 0.4) is 0 Å². The number of rotatable bonds is 13. The summed E-state index contributed by atoms with van der Waals surface area (Å²) >= 11 is 0. The number of allylic oxidation sites excluding steroid dienone is 1. The fraction of sp³-hybridized carbons (Fsp3) is 0.867. The normalized spacial score (nSPS) is 12.4. The molecule has 0 aliphatic rings. The molecule has 0 rings (SSSR count). The zero-order chi connectivity index (χ0) is 13.6. The molecular formula is C15H31BO2. The second-order valence-corrected chi connectivity index (χ2v) is 5.30. The molecule has 0 fully saturated rings. The predicted molar refractivity (Wildman–Crippen MR) is 80.6 cm³/mol. The third-order valence-electron chi connectivity index (χ3n) is 3.59. The Bertz CT molecular complexity index is 183. The molecule has 0 amide bonds. The predicted octanol–water partition coefficient (Wildman–Crippen LogP) is 4.33. The van der Waals surface area contributed by atoms with Crippen LogP contribution >= 0.6 is 0 Å². The van der Waals surface area contributed by atoms with Crippen LogP contribution in [0.25, 0.3) is 0 Å². The van der Waals surface area contributed by atoms with E-state index in [0.29, 0.717) is 0 Å². The summed E-state index contributed by atoms with van der Waals surface area (Å²) in [5.41, 5.74) is 0. The van der Waals surface area contributed by atoms with E-state index in [0.717, 1.165) is 25.7 Å². The minimum Gasteiger partial charge on any atom is -0.427 e. The molecule has 1 unspecified atom stereocenters. The Balaban J connectivity index is 3.40. The molecule has 0 saturated carbocycles. The molecule has 0 aromatic carbocycles. The standard InChI is InChI=1S/C15H31BO2/c1-3-5-7-8-9-10-11-12-14-15(16(17)18)13-6-4-2/h4,15,17-18H,2-3,5-14H2,1H3. The summed E-state index contributed by atoms with van der Waals surface area (Å²) < 4.78 is 0. The largest absolute Gasteiger partial charge is 0.454 e. The SMILES string of the molecule is C=CCCC(CCCCCCCCCC)B(O)O. The summed E-state index contributed by atoms with van der Waals surface area (Å²) in [6.07, 6.45) is 14.9. The average Bonchev–Trinajstić information content (AvgIpc) is 2.35. The molecule has 106 valence electrons. The minimum absolute atomic E-state index is 0.0306. The van der Waals surface area contributed by atoms with Crippen LogP contribution in [-0.2, 0) is 0 Å². The fourth-order valence-electron chi connectivity index (χ4n) is 2.31. The molecule has 0 radical (unpaired) electrons. The molecule has 18 heavy (non-hydrogen) atoms. The molecule has 0 heterocycles. The lowest BCUT2D eigenvalue weighted by Crippen LogP contribution is -2.20. The van der Waals surface area contributed by atoms with E-state index in [2.05, 4.69) is 13.5 Å². The zero-order valence-electron chi connectivity index (χ0n) is 12.1. The van der Waals surface area contributed by atoms with Crippen molar-refractivity contribution in [3.05, 3.63) is 12.7 Å². The average molecular weight is 254 g/mol. The highest BCUT2D eigenvalue weighted by Gasteiger charge is 2.21. The highest BCUT2D eigenvalue weighted by Crippen LogP contribution is 2.23. The van der Waals surface area contributed by atoms with Gasteiger partial charge in [0, 0.05) is 0 Å². The van der Waals surface area contributed by atoms with Gasteiger partial charge in [-0.2, -0.15) is 0 Å². The lowest BCUT2D eigenvalue weighted by molar-refractivity contribution is 0.369.